The van der Waals surface area contributed by atoms with Crippen molar-refractivity contribution in [2.75, 3.05) is 5.32 Å². The van der Waals surface area contributed by atoms with E-state index >= 15 is 0 Å². The monoisotopic (exact) mass is 429 g/mol. The Labute approximate surface area is 176 Å². The smallest absolute Gasteiger partial charge is 0.343 e. The van der Waals surface area contributed by atoms with Crippen LogP contribution in [-0.2, 0) is 4.74 Å². The number of allylic oxidation sites excluding steroid dienone is 1. The van der Waals surface area contributed by atoms with Crippen molar-refractivity contribution in [2.24, 2.45) is 0 Å². The molecule has 0 heterocycles. The van der Waals surface area contributed by atoms with Gasteiger partial charge in [-0.25, -0.2) is 9.18 Å². The van der Waals surface area contributed by atoms with Crippen molar-refractivity contribution in [1.29, 1.82) is 0 Å². The summed E-state index contributed by atoms with van der Waals surface area (Å²) in [5, 5.41) is 3.29. The molecule has 0 saturated carbocycles. The highest BCUT2D eigenvalue weighted by atomic mass is 35.5. The van der Waals surface area contributed by atoms with Gasteiger partial charge >= 0.3 is 5.97 Å². The number of rotatable bonds is 6. The normalized spacial score (nSPS) is 11.1. The molecule has 3 rings (SSSR count). The topological polar surface area (TPSA) is 55.4 Å². The maximum Gasteiger partial charge on any atom is 0.343 e. The molecule has 0 aromatic heterocycles. The Morgan fingerprint density at radius 2 is 1.62 bits per heavy atom. The molecule has 0 fully saturated rings. The average Bonchev–Trinajstić information content (AvgIpc) is 2.72. The molecular formula is C22H14Cl2FNO3. The minimum Gasteiger partial charge on any atom is -0.417 e. The molecule has 3 aromatic rings. The number of esters is 1. The molecule has 1 N–H and O–H groups in total. The van der Waals surface area contributed by atoms with Crippen LogP contribution in [0.25, 0.3) is 0 Å². The largest absolute Gasteiger partial charge is 0.417 e. The van der Waals surface area contributed by atoms with Gasteiger partial charge in [-0.05, 0) is 54.6 Å². The molecule has 0 aliphatic carbocycles. The molecule has 0 atom stereocenters. The first-order chi connectivity index (χ1) is 13.9. The SMILES string of the molecule is O=C(O/C(=C\Nc1ccc(F)cc1)C(=O)c1ccc(Cl)cc1Cl)c1ccccc1. The zero-order valence-electron chi connectivity index (χ0n) is 14.9. The van der Waals surface area contributed by atoms with Gasteiger partial charge in [0, 0.05) is 22.5 Å². The quantitative estimate of drug-likeness (QED) is 0.221. The Morgan fingerprint density at radius 3 is 2.28 bits per heavy atom. The molecule has 0 unspecified atom stereocenters. The summed E-state index contributed by atoms with van der Waals surface area (Å²) in [6.45, 7) is 0. The predicted molar refractivity (Wildman–Crippen MR) is 111 cm³/mol. The third kappa shape index (κ3) is 5.44. The Kier molecular flexibility index (Phi) is 6.65. The fourth-order valence-electron chi connectivity index (χ4n) is 2.38. The van der Waals surface area contributed by atoms with Crippen LogP contribution in [0.2, 0.25) is 10.0 Å². The van der Waals surface area contributed by atoms with Gasteiger partial charge in [-0.15, -0.1) is 0 Å². The van der Waals surface area contributed by atoms with Crippen LogP contribution in [0.15, 0.2) is 84.8 Å². The first-order valence-electron chi connectivity index (χ1n) is 8.43. The van der Waals surface area contributed by atoms with Crippen LogP contribution in [0.4, 0.5) is 10.1 Å². The summed E-state index contributed by atoms with van der Waals surface area (Å²) in [5.74, 6) is -2.02. The van der Waals surface area contributed by atoms with Crippen molar-refractivity contribution in [2.45, 2.75) is 0 Å². The van der Waals surface area contributed by atoms with Gasteiger partial charge in [0.15, 0.2) is 5.76 Å². The van der Waals surface area contributed by atoms with E-state index in [1.807, 2.05) is 0 Å². The van der Waals surface area contributed by atoms with E-state index in [0.717, 1.165) is 0 Å². The molecule has 0 radical (unpaired) electrons. The molecule has 0 amide bonds. The van der Waals surface area contributed by atoms with Crippen molar-refractivity contribution in [3.63, 3.8) is 0 Å². The molecule has 3 aromatic carbocycles. The van der Waals surface area contributed by atoms with Crippen LogP contribution in [0, 0.1) is 5.82 Å². The molecule has 0 saturated heterocycles. The summed E-state index contributed by atoms with van der Waals surface area (Å²) in [6.07, 6.45) is 1.22. The molecule has 0 aliphatic rings. The summed E-state index contributed by atoms with van der Waals surface area (Å²) in [6, 6.07) is 18.0. The predicted octanol–water partition coefficient (Wildman–Crippen LogP) is 6.13. The lowest BCUT2D eigenvalue weighted by molar-refractivity contribution is 0.0588. The minimum absolute atomic E-state index is 0.115. The van der Waals surface area contributed by atoms with Crippen LogP contribution >= 0.6 is 23.2 Å². The number of carbonyl (C=O) groups excluding carboxylic acids is 2. The number of anilines is 1. The van der Waals surface area contributed by atoms with Gasteiger partial charge in [0.25, 0.3) is 0 Å². The molecule has 146 valence electrons. The van der Waals surface area contributed by atoms with Crippen LogP contribution in [0.1, 0.15) is 20.7 Å². The molecule has 0 aliphatic heterocycles. The summed E-state index contributed by atoms with van der Waals surface area (Å²) in [7, 11) is 0. The van der Waals surface area contributed by atoms with Gasteiger partial charge < -0.3 is 10.1 Å². The summed E-state index contributed by atoms with van der Waals surface area (Å²) >= 11 is 12.0. The second-order valence-corrected chi connectivity index (χ2v) is 6.71. The zero-order valence-corrected chi connectivity index (χ0v) is 16.4. The fourth-order valence-corrected chi connectivity index (χ4v) is 2.87. The van der Waals surface area contributed by atoms with Crippen molar-refractivity contribution >= 4 is 40.6 Å². The Morgan fingerprint density at radius 1 is 0.931 bits per heavy atom. The Bertz CT molecular complexity index is 1070. The van der Waals surface area contributed by atoms with E-state index in [-0.39, 0.29) is 21.9 Å². The number of carbonyl (C=O) groups is 2. The van der Waals surface area contributed by atoms with E-state index in [2.05, 4.69) is 5.32 Å². The third-order valence-corrected chi connectivity index (χ3v) is 4.37. The van der Waals surface area contributed by atoms with Crippen LogP contribution in [-0.4, -0.2) is 11.8 Å². The second-order valence-electron chi connectivity index (χ2n) is 5.87. The summed E-state index contributed by atoms with van der Waals surface area (Å²) in [5.41, 5.74) is 0.883. The lowest BCUT2D eigenvalue weighted by Crippen LogP contribution is -2.14. The van der Waals surface area contributed by atoms with Gasteiger partial charge in [0.2, 0.25) is 5.78 Å². The molecule has 7 heteroatoms. The zero-order chi connectivity index (χ0) is 20.8. The van der Waals surface area contributed by atoms with Crippen molar-refractivity contribution in [1.82, 2.24) is 0 Å². The minimum atomic E-state index is -0.712. The maximum absolute atomic E-state index is 13.1. The number of hydrogen-bond donors (Lipinski definition) is 1. The van der Waals surface area contributed by atoms with Crippen molar-refractivity contribution in [3.8, 4) is 0 Å². The number of Topliss-reactive ketones (excluding diaryl/α,β-unsaturated/α-hetero) is 1. The van der Waals surface area contributed by atoms with Crippen LogP contribution in [0.5, 0.6) is 0 Å². The fraction of sp³-hybridized carbons (Fsp3) is 0. The number of nitrogens with one attached hydrogen (secondary N) is 1. The average molecular weight is 430 g/mol. The highest BCUT2D eigenvalue weighted by Gasteiger charge is 2.21. The molecule has 4 nitrogen and oxygen atoms in total. The standard InChI is InChI=1S/C22H14Cl2FNO3/c23-15-6-11-18(19(24)12-15)21(27)20(13-26-17-9-7-16(25)8-10-17)29-22(28)14-4-2-1-3-5-14/h1-13,26H/b20-13-. The number of ketones is 1. The summed E-state index contributed by atoms with van der Waals surface area (Å²) < 4.78 is 18.4. The lowest BCUT2D eigenvalue weighted by atomic mass is 10.1. The molecular weight excluding hydrogens is 416 g/mol. The Balaban J connectivity index is 1.91. The van der Waals surface area contributed by atoms with E-state index in [1.165, 1.54) is 48.7 Å². The number of hydrogen-bond acceptors (Lipinski definition) is 4. The second kappa shape index (κ2) is 9.37. The number of benzene rings is 3. The van der Waals surface area contributed by atoms with E-state index in [0.29, 0.717) is 10.7 Å². The number of ether oxygens (including phenoxy) is 1. The van der Waals surface area contributed by atoms with Crippen LogP contribution < -0.4 is 5.32 Å². The van der Waals surface area contributed by atoms with Crippen molar-refractivity contribution in [3.05, 3.63) is 112 Å². The first-order valence-corrected chi connectivity index (χ1v) is 9.19. The molecule has 29 heavy (non-hydrogen) atoms. The first kappa shape index (κ1) is 20.6. The van der Waals surface area contributed by atoms with Gasteiger partial charge in [0.1, 0.15) is 5.82 Å². The molecule has 0 spiro atoms. The highest BCUT2D eigenvalue weighted by molar-refractivity contribution is 6.37. The number of halogens is 3. The van der Waals surface area contributed by atoms with Crippen molar-refractivity contribution < 1.29 is 18.7 Å². The van der Waals surface area contributed by atoms with E-state index in [1.54, 1.807) is 30.3 Å². The van der Waals surface area contributed by atoms with Crippen LogP contribution in [0.3, 0.4) is 0 Å². The lowest BCUT2D eigenvalue weighted by Gasteiger charge is -2.11. The van der Waals surface area contributed by atoms with Gasteiger partial charge in [-0.2, -0.15) is 0 Å². The van der Waals surface area contributed by atoms with Gasteiger partial charge in [-0.3, -0.25) is 4.79 Å². The maximum atomic E-state index is 13.1. The van der Waals surface area contributed by atoms with Gasteiger partial charge in [0.05, 0.1) is 10.6 Å². The third-order valence-electron chi connectivity index (χ3n) is 3.83. The van der Waals surface area contributed by atoms with Gasteiger partial charge in [-0.1, -0.05) is 41.4 Å². The van der Waals surface area contributed by atoms with E-state index < -0.39 is 17.6 Å². The summed E-state index contributed by atoms with van der Waals surface area (Å²) in [4.78, 5) is 25.4. The highest BCUT2D eigenvalue weighted by Crippen LogP contribution is 2.24. The van der Waals surface area contributed by atoms with E-state index in [9.17, 15) is 14.0 Å². The molecule has 0 bridgehead atoms. The Hall–Kier alpha value is -3.15. The van der Waals surface area contributed by atoms with E-state index in [4.69, 9.17) is 27.9 Å².